The van der Waals surface area contributed by atoms with Gasteiger partial charge in [-0.25, -0.2) is 13.1 Å². The number of halogens is 1. The van der Waals surface area contributed by atoms with Crippen molar-refractivity contribution in [3.8, 4) is 0 Å². The number of fused-ring (bicyclic) bond motifs is 1. The fourth-order valence-electron chi connectivity index (χ4n) is 2.18. The van der Waals surface area contributed by atoms with Gasteiger partial charge in [0.25, 0.3) is 0 Å². The van der Waals surface area contributed by atoms with Crippen molar-refractivity contribution in [3.63, 3.8) is 0 Å². The Bertz CT molecular complexity index is 1040. The Morgan fingerprint density at radius 3 is 2.70 bits per heavy atom. The summed E-state index contributed by atoms with van der Waals surface area (Å²) in [6.45, 7) is 0.102. The molecule has 0 radical (unpaired) electrons. The molecule has 0 saturated heterocycles. The third kappa shape index (κ3) is 3.18. The van der Waals surface area contributed by atoms with Gasteiger partial charge in [0.15, 0.2) is 0 Å². The Kier molecular flexibility index (Phi) is 4.29. The highest BCUT2D eigenvalue weighted by atomic mass is 35.5. The normalized spacial score (nSPS) is 11.9. The van der Waals surface area contributed by atoms with Crippen LogP contribution in [0.5, 0.6) is 0 Å². The first-order valence-corrected chi connectivity index (χ1v) is 9.39. The van der Waals surface area contributed by atoms with Crippen LogP contribution in [0.1, 0.15) is 5.56 Å². The molecule has 1 heterocycles. The van der Waals surface area contributed by atoms with Gasteiger partial charge in [-0.05, 0) is 29.8 Å². The Morgan fingerprint density at radius 2 is 1.96 bits per heavy atom. The summed E-state index contributed by atoms with van der Waals surface area (Å²) in [7, 11) is -2.03. The van der Waals surface area contributed by atoms with Crippen molar-refractivity contribution in [3.05, 3.63) is 62.7 Å². The average Bonchev–Trinajstić information content (AvgIpc) is 2.81. The van der Waals surface area contributed by atoms with Crippen LogP contribution in [0.4, 0.5) is 0 Å². The number of hydrogen-bond donors (Lipinski definition) is 1. The highest BCUT2D eigenvalue weighted by Crippen LogP contribution is 2.21. The van der Waals surface area contributed by atoms with Crippen LogP contribution in [0.2, 0.25) is 5.02 Å². The molecule has 0 aliphatic heterocycles. The third-order valence-electron chi connectivity index (χ3n) is 3.48. The number of thiazole rings is 1. The molecule has 0 aliphatic rings. The number of aromatic nitrogens is 1. The number of nitrogens with zero attached hydrogens (tertiary/aromatic N) is 1. The van der Waals surface area contributed by atoms with Gasteiger partial charge in [0.05, 0.1) is 15.1 Å². The summed E-state index contributed by atoms with van der Waals surface area (Å²) < 4.78 is 29.5. The maximum absolute atomic E-state index is 12.4. The van der Waals surface area contributed by atoms with Gasteiger partial charge < -0.3 is 4.57 Å². The van der Waals surface area contributed by atoms with Crippen LogP contribution < -0.4 is 9.60 Å². The van der Waals surface area contributed by atoms with E-state index in [0.717, 1.165) is 11.3 Å². The zero-order valence-corrected chi connectivity index (χ0v) is 14.5. The van der Waals surface area contributed by atoms with Crippen LogP contribution in [-0.2, 0) is 23.6 Å². The van der Waals surface area contributed by atoms with Crippen LogP contribution in [0.25, 0.3) is 10.2 Å². The predicted molar refractivity (Wildman–Crippen MR) is 92.5 cm³/mol. The Hall–Kier alpha value is -1.67. The third-order valence-corrected chi connectivity index (χ3v) is 6.25. The maximum Gasteiger partial charge on any atom is 0.307 e. The van der Waals surface area contributed by atoms with E-state index >= 15 is 0 Å². The molecule has 0 saturated carbocycles. The number of rotatable bonds is 4. The van der Waals surface area contributed by atoms with E-state index in [2.05, 4.69) is 4.72 Å². The second-order valence-corrected chi connectivity index (χ2v) is 8.14. The standard InChI is InChI=1S/C15H13ClN2O3S2/c1-18-13-7-6-11(8-14(13)22-15(18)19)23(20,21)17-9-10-4-2-3-5-12(10)16/h2-8,17H,9H2,1H3. The van der Waals surface area contributed by atoms with Gasteiger partial charge >= 0.3 is 4.87 Å². The number of sulfonamides is 1. The average molecular weight is 369 g/mol. The summed E-state index contributed by atoms with van der Waals surface area (Å²) in [4.78, 5) is 11.6. The van der Waals surface area contributed by atoms with E-state index in [1.165, 1.54) is 16.7 Å². The molecule has 0 spiro atoms. The summed E-state index contributed by atoms with van der Waals surface area (Å²) in [6.07, 6.45) is 0. The fraction of sp³-hybridized carbons (Fsp3) is 0.133. The van der Waals surface area contributed by atoms with Gasteiger partial charge in [-0.2, -0.15) is 0 Å². The lowest BCUT2D eigenvalue weighted by atomic mass is 10.2. The highest BCUT2D eigenvalue weighted by molar-refractivity contribution is 7.89. The Labute approximate surface area is 142 Å². The Morgan fingerprint density at radius 1 is 1.22 bits per heavy atom. The SMILES string of the molecule is Cn1c(=O)sc2cc(S(=O)(=O)NCc3ccccc3Cl)ccc21. The predicted octanol–water partition coefficient (Wildman–Crippen LogP) is 2.73. The van der Waals surface area contributed by atoms with Gasteiger partial charge in [-0.1, -0.05) is 41.1 Å². The number of hydrogen-bond acceptors (Lipinski definition) is 4. The van der Waals surface area contributed by atoms with E-state index in [4.69, 9.17) is 11.6 Å². The molecule has 3 rings (SSSR count). The summed E-state index contributed by atoms with van der Waals surface area (Å²) >= 11 is 7.05. The van der Waals surface area contributed by atoms with Gasteiger partial charge in [0, 0.05) is 18.6 Å². The maximum atomic E-state index is 12.4. The molecule has 5 nitrogen and oxygen atoms in total. The van der Waals surface area contributed by atoms with E-state index in [1.54, 1.807) is 37.4 Å². The van der Waals surface area contributed by atoms with Crippen molar-refractivity contribution in [2.24, 2.45) is 7.05 Å². The van der Waals surface area contributed by atoms with Crippen molar-refractivity contribution in [1.29, 1.82) is 0 Å². The lowest BCUT2D eigenvalue weighted by molar-refractivity contribution is 0.581. The smallest absolute Gasteiger partial charge is 0.302 e. The van der Waals surface area contributed by atoms with E-state index in [0.29, 0.717) is 20.8 Å². The van der Waals surface area contributed by atoms with Crippen LogP contribution in [-0.4, -0.2) is 13.0 Å². The highest BCUT2D eigenvalue weighted by Gasteiger charge is 2.16. The van der Waals surface area contributed by atoms with Gasteiger partial charge in [0.1, 0.15) is 0 Å². The summed E-state index contributed by atoms with van der Waals surface area (Å²) in [5.74, 6) is 0. The minimum Gasteiger partial charge on any atom is -0.302 e. The monoisotopic (exact) mass is 368 g/mol. The van der Waals surface area contributed by atoms with E-state index in [-0.39, 0.29) is 16.3 Å². The second-order valence-electron chi connectivity index (χ2n) is 4.97. The summed E-state index contributed by atoms with van der Waals surface area (Å²) in [5, 5.41) is 0.506. The van der Waals surface area contributed by atoms with Gasteiger partial charge in [0.2, 0.25) is 10.0 Å². The molecular formula is C15H13ClN2O3S2. The van der Waals surface area contributed by atoms with E-state index < -0.39 is 10.0 Å². The molecule has 3 aromatic rings. The van der Waals surface area contributed by atoms with Crippen LogP contribution in [0, 0.1) is 0 Å². The molecule has 23 heavy (non-hydrogen) atoms. The fourth-order valence-corrected chi connectivity index (χ4v) is 4.41. The van der Waals surface area contributed by atoms with Gasteiger partial charge in [-0.3, -0.25) is 4.79 Å². The first kappa shape index (κ1) is 16.2. The first-order valence-electron chi connectivity index (χ1n) is 6.71. The topological polar surface area (TPSA) is 68.2 Å². The van der Waals surface area contributed by atoms with Crippen LogP contribution in [0.3, 0.4) is 0 Å². The lowest BCUT2D eigenvalue weighted by Gasteiger charge is -2.08. The molecule has 1 N–H and O–H groups in total. The van der Waals surface area contributed by atoms with Crippen molar-refractivity contribution in [1.82, 2.24) is 9.29 Å². The minimum atomic E-state index is -3.68. The van der Waals surface area contributed by atoms with Crippen LogP contribution in [0.15, 0.2) is 52.2 Å². The Balaban J connectivity index is 1.90. The molecule has 0 aliphatic carbocycles. The van der Waals surface area contributed by atoms with Crippen molar-refractivity contribution in [2.75, 3.05) is 0 Å². The molecule has 8 heteroatoms. The number of nitrogens with one attached hydrogen (secondary N) is 1. The molecule has 0 atom stereocenters. The molecule has 1 aromatic heterocycles. The number of benzene rings is 2. The lowest BCUT2D eigenvalue weighted by Crippen LogP contribution is -2.23. The van der Waals surface area contributed by atoms with E-state index in [9.17, 15) is 13.2 Å². The minimum absolute atomic E-state index is 0.102. The summed E-state index contributed by atoms with van der Waals surface area (Å²) in [6, 6.07) is 11.7. The second kappa shape index (κ2) is 6.09. The van der Waals surface area contributed by atoms with Gasteiger partial charge in [-0.15, -0.1) is 0 Å². The quantitative estimate of drug-likeness (QED) is 0.769. The van der Waals surface area contributed by atoms with Crippen molar-refractivity contribution < 1.29 is 8.42 Å². The van der Waals surface area contributed by atoms with Crippen molar-refractivity contribution >= 4 is 43.2 Å². The molecule has 0 amide bonds. The van der Waals surface area contributed by atoms with Crippen LogP contribution >= 0.6 is 22.9 Å². The molecule has 0 bridgehead atoms. The molecule has 0 fully saturated rings. The largest absolute Gasteiger partial charge is 0.307 e. The molecule has 0 unspecified atom stereocenters. The zero-order chi connectivity index (χ0) is 16.6. The first-order chi connectivity index (χ1) is 10.9. The molecular weight excluding hydrogens is 356 g/mol. The zero-order valence-electron chi connectivity index (χ0n) is 12.1. The number of aryl methyl sites for hydroxylation is 1. The molecule has 2 aromatic carbocycles. The summed E-state index contributed by atoms with van der Waals surface area (Å²) in [5.41, 5.74) is 1.41. The van der Waals surface area contributed by atoms with Crippen molar-refractivity contribution in [2.45, 2.75) is 11.4 Å². The van der Waals surface area contributed by atoms with E-state index in [1.807, 2.05) is 0 Å². The molecule has 120 valence electrons.